The van der Waals surface area contributed by atoms with Gasteiger partial charge in [-0.3, -0.25) is 11.3 Å². The minimum absolute atomic E-state index is 0.0228. The van der Waals surface area contributed by atoms with Gasteiger partial charge in [-0.05, 0) is 18.9 Å². The van der Waals surface area contributed by atoms with Crippen molar-refractivity contribution in [3.05, 3.63) is 20.3 Å². The van der Waals surface area contributed by atoms with E-state index in [0.29, 0.717) is 8.67 Å². The molecule has 0 aliphatic carbocycles. The van der Waals surface area contributed by atoms with Crippen LogP contribution >= 0.6 is 34.5 Å². The van der Waals surface area contributed by atoms with Crippen LogP contribution in [0.5, 0.6) is 0 Å². The summed E-state index contributed by atoms with van der Waals surface area (Å²) in [7, 11) is 0. The Hall–Kier alpha value is -0.240. The molecular weight excluding hydrogens is 251 g/mol. The molecule has 1 rings (SSSR count). The first-order valence-electron chi connectivity index (χ1n) is 4.53. The van der Waals surface area contributed by atoms with Crippen LogP contribution in [0.15, 0.2) is 6.07 Å². The second-order valence-corrected chi connectivity index (χ2v) is 5.38. The Kier molecular flexibility index (Phi) is 5.44. The lowest BCUT2D eigenvalue weighted by molar-refractivity contribution is 0.504. The van der Waals surface area contributed by atoms with Crippen LogP contribution in [0.25, 0.3) is 0 Å². The Bertz CT molecular complexity index is 357. The summed E-state index contributed by atoms with van der Waals surface area (Å²) in [5.74, 6) is 8.06. The lowest BCUT2D eigenvalue weighted by Crippen LogP contribution is -2.27. The van der Waals surface area contributed by atoms with Gasteiger partial charge in [0.25, 0.3) is 0 Å². The second-order valence-electron chi connectivity index (χ2n) is 3.10. The van der Waals surface area contributed by atoms with Crippen LogP contribution in [0.2, 0.25) is 8.67 Å². The molecule has 1 atom stereocenters. The van der Waals surface area contributed by atoms with Crippen molar-refractivity contribution in [1.82, 2.24) is 5.43 Å². The largest absolute Gasteiger partial charge is 0.271 e. The fourth-order valence-corrected chi connectivity index (χ4v) is 2.91. The van der Waals surface area contributed by atoms with Gasteiger partial charge in [0.15, 0.2) is 0 Å². The Balaban J connectivity index is 2.66. The van der Waals surface area contributed by atoms with Crippen molar-refractivity contribution in [2.24, 2.45) is 5.84 Å². The normalized spacial score (nSPS) is 12.4. The maximum absolute atomic E-state index is 6.03. The van der Waals surface area contributed by atoms with Crippen LogP contribution in [-0.2, 0) is 0 Å². The van der Waals surface area contributed by atoms with Gasteiger partial charge in [-0.1, -0.05) is 23.2 Å². The lowest BCUT2D eigenvalue weighted by atomic mass is 10.0. The Morgan fingerprint density at radius 2 is 2.33 bits per heavy atom. The Labute approximate surface area is 104 Å². The first-order chi connectivity index (χ1) is 7.19. The van der Waals surface area contributed by atoms with E-state index >= 15 is 0 Å². The molecule has 2 nitrogen and oxygen atoms in total. The van der Waals surface area contributed by atoms with E-state index in [1.807, 2.05) is 6.07 Å². The number of hydrogen-bond acceptors (Lipinski definition) is 3. The maximum atomic E-state index is 6.03. The van der Waals surface area contributed by atoms with Crippen LogP contribution < -0.4 is 11.3 Å². The fourth-order valence-electron chi connectivity index (χ4n) is 1.33. The molecule has 0 spiro atoms. The zero-order valence-corrected chi connectivity index (χ0v) is 10.4. The summed E-state index contributed by atoms with van der Waals surface area (Å²) >= 11 is 13.2. The second kappa shape index (κ2) is 6.37. The molecule has 1 aromatic rings. The smallest absolute Gasteiger partial charge is 0.0992 e. The summed E-state index contributed by atoms with van der Waals surface area (Å²) in [6.45, 7) is 0. The maximum Gasteiger partial charge on any atom is 0.0992 e. The van der Waals surface area contributed by atoms with Crippen LogP contribution in [0.1, 0.15) is 30.9 Å². The van der Waals surface area contributed by atoms with E-state index in [1.165, 1.54) is 11.3 Å². The number of hydrazine groups is 1. The van der Waals surface area contributed by atoms with E-state index in [2.05, 4.69) is 11.3 Å². The van der Waals surface area contributed by atoms with Gasteiger partial charge in [0.1, 0.15) is 0 Å². The van der Waals surface area contributed by atoms with E-state index in [4.69, 9.17) is 35.5 Å². The summed E-state index contributed by atoms with van der Waals surface area (Å²) in [6, 6.07) is 1.86. The summed E-state index contributed by atoms with van der Waals surface area (Å²) < 4.78 is 1.36. The van der Waals surface area contributed by atoms with Gasteiger partial charge in [0.05, 0.1) is 8.67 Å². The van der Waals surface area contributed by atoms with Crippen LogP contribution in [0, 0.1) is 12.3 Å². The molecule has 1 aromatic heterocycles. The minimum Gasteiger partial charge on any atom is -0.271 e. The number of nitrogens with one attached hydrogen (secondary N) is 1. The van der Waals surface area contributed by atoms with E-state index in [9.17, 15) is 0 Å². The van der Waals surface area contributed by atoms with Crippen molar-refractivity contribution in [3.8, 4) is 12.3 Å². The minimum atomic E-state index is 0.0228. The van der Waals surface area contributed by atoms with Crippen molar-refractivity contribution in [2.45, 2.75) is 25.3 Å². The molecule has 0 aliphatic rings. The standard InChI is InChI=1S/C10H12Cl2N2S/c1-2-3-4-5-8(14-13)7-6-9(11)15-10(7)12/h1,6,8,14H,3-5,13H2. The number of hydrogen-bond donors (Lipinski definition) is 2. The van der Waals surface area contributed by atoms with Gasteiger partial charge >= 0.3 is 0 Å². The Morgan fingerprint density at radius 3 is 2.80 bits per heavy atom. The molecule has 0 amide bonds. The van der Waals surface area contributed by atoms with Gasteiger partial charge < -0.3 is 0 Å². The van der Waals surface area contributed by atoms with E-state index in [-0.39, 0.29) is 6.04 Å². The molecule has 1 heterocycles. The van der Waals surface area contributed by atoms with Gasteiger partial charge in [0.2, 0.25) is 0 Å². The van der Waals surface area contributed by atoms with Gasteiger partial charge in [-0.2, -0.15) is 0 Å². The highest BCUT2D eigenvalue weighted by Crippen LogP contribution is 2.36. The van der Waals surface area contributed by atoms with E-state index in [1.54, 1.807) is 0 Å². The van der Waals surface area contributed by atoms with Crippen LogP contribution in [0.3, 0.4) is 0 Å². The predicted octanol–water partition coefficient (Wildman–Crippen LogP) is 3.36. The topological polar surface area (TPSA) is 38.0 Å². The molecule has 15 heavy (non-hydrogen) atoms. The quantitative estimate of drug-likeness (QED) is 0.370. The number of terminal acetylenes is 1. The molecule has 5 heteroatoms. The summed E-state index contributed by atoms with van der Waals surface area (Å²) in [4.78, 5) is 0. The molecule has 3 N–H and O–H groups in total. The van der Waals surface area contributed by atoms with Gasteiger partial charge in [0, 0.05) is 18.0 Å². The summed E-state index contributed by atoms with van der Waals surface area (Å²) in [5, 5.41) is 0. The Morgan fingerprint density at radius 1 is 1.60 bits per heavy atom. The lowest BCUT2D eigenvalue weighted by Gasteiger charge is -2.14. The van der Waals surface area contributed by atoms with Crippen LogP contribution in [0.4, 0.5) is 0 Å². The van der Waals surface area contributed by atoms with E-state index < -0.39 is 0 Å². The molecule has 0 saturated carbocycles. The summed E-state index contributed by atoms with van der Waals surface area (Å²) in [5.41, 5.74) is 3.68. The molecule has 0 radical (unpaired) electrons. The van der Waals surface area contributed by atoms with E-state index in [0.717, 1.165) is 24.8 Å². The average molecular weight is 263 g/mol. The molecule has 0 aromatic carbocycles. The average Bonchev–Trinajstić information content (AvgIpc) is 2.53. The first kappa shape index (κ1) is 12.8. The molecule has 1 unspecified atom stereocenters. The number of unbranched alkanes of at least 4 members (excludes halogenated alkanes) is 1. The van der Waals surface area contributed by atoms with Crippen molar-refractivity contribution in [2.75, 3.05) is 0 Å². The fraction of sp³-hybridized carbons (Fsp3) is 0.400. The molecule has 0 fully saturated rings. The third-order valence-corrected chi connectivity index (χ3v) is 3.59. The number of thiophene rings is 1. The van der Waals surface area contributed by atoms with Gasteiger partial charge in [-0.15, -0.1) is 23.7 Å². The SMILES string of the molecule is C#CCCCC(NN)c1cc(Cl)sc1Cl. The zero-order valence-electron chi connectivity index (χ0n) is 8.09. The third kappa shape index (κ3) is 3.67. The van der Waals surface area contributed by atoms with Gasteiger partial charge in [-0.25, -0.2) is 0 Å². The zero-order chi connectivity index (χ0) is 11.3. The predicted molar refractivity (Wildman–Crippen MR) is 67.1 cm³/mol. The number of halogens is 2. The highest BCUT2D eigenvalue weighted by Gasteiger charge is 2.15. The molecular formula is C10H12Cl2N2S. The molecule has 0 aliphatic heterocycles. The molecule has 0 saturated heterocycles. The number of nitrogens with two attached hydrogens (primary N) is 1. The number of rotatable bonds is 5. The molecule has 0 bridgehead atoms. The summed E-state index contributed by atoms with van der Waals surface area (Å²) in [6.07, 6.45) is 7.69. The van der Waals surface area contributed by atoms with Crippen molar-refractivity contribution in [1.29, 1.82) is 0 Å². The first-order valence-corrected chi connectivity index (χ1v) is 6.10. The van der Waals surface area contributed by atoms with Crippen molar-refractivity contribution < 1.29 is 0 Å². The highest BCUT2D eigenvalue weighted by atomic mass is 35.5. The van der Waals surface area contributed by atoms with Crippen LogP contribution in [-0.4, -0.2) is 0 Å². The molecule has 82 valence electrons. The van der Waals surface area contributed by atoms with Crippen molar-refractivity contribution in [3.63, 3.8) is 0 Å². The highest BCUT2D eigenvalue weighted by molar-refractivity contribution is 7.20. The van der Waals surface area contributed by atoms with Crippen molar-refractivity contribution >= 4 is 34.5 Å². The monoisotopic (exact) mass is 262 g/mol. The third-order valence-electron chi connectivity index (χ3n) is 2.07.